The molecule has 1 aliphatic carbocycles. The summed E-state index contributed by atoms with van der Waals surface area (Å²) in [4.78, 5) is 30.4. The quantitative estimate of drug-likeness (QED) is 0.894. The molecule has 0 unspecified atom stereocenters. The van der Waals surface area contributed by atoms with Crippen LogP contribution in [0.15, 0.2) is 24.4 Å². The molecule has 2 aliphatic rings. The number of rotatable bonds is 5. The molecule has 1 aliphatic heterocycles. The second-order valence-electron chi connectivity index (χ2n) is 6.21. The van der Waals surface area contributed by atoms with E-state index in [0.29, 0.717) is 24.1 Å². The van der Waals surface area contributed by atoms with Crippen molar-refractivity contribution in [3.63, 3.8) is 0 Å². The van der Waals surface area contributed by atoms with Gasteiger partial charge in [0, 0.05) is 25.1 Å². The smallest absolute Gasteiger partial charge is 0.231 e. The van der Waals surface area contributed by atoms with Crippen LogP contribution in [0.3, 0.4) is 0 Å². The SMILES string of the molecule is O=C(Nc1nnc(C2CC2)s1)[C@@H]1CC(=O)N(Cc2ccccn2)C1. The summed E-state index contributed by atoms with van der Waals surface area (Å²) in [6, 6.07) is 5.60. The molecule has 2 aromatic rings. The summed E-state index contributed by atoms with van der Waals surface area (Å²) in [6.07, 6.45) is 4.24. The minimum atomic E-state index is -0.352. The maximum atomic E-state index is 12.4. The Morgan fingerprint density at radius 1 is 1.33 bits per heavy atom. The van der Waals surface area contributed by atoms with E-state index in [2.05, 4.69) is 20.5 Å². The van der Waals surface area contributed by atoms with Crippen LogP contribution in [0, 0.1) is 5.92 Å². The summed E-state index contributed by atoms with van der Waals surface area (Å²) in [7, 11) is 0. The number of aromatic nitrogens is 3. The van der Waals surface area contributed by atoms with Gasteiger partial charge in [0.2, 0.25) is 16.9 Å². The number of nitrogens with zero attached hydrogens (tertiary/aromatic N) is 4. The lowest BCUT2D eigenvalue weighted by molar-refractivity contribution is -0.128. The predicted octanol–water partition coefficient (Wildman–Crippen LogP) is 1.80. The molecule has 24 heavy (non-hydrogen) atoms. The molecule has 2 fully saturated rings. The van der Waals surface area contributed by atoms with Gasteiger partial charge in [-0.3, -0.25) is 14.6 Å². The Bertz CT molecular complexity index is 759. The predicted molar refractivity (Wildman–Crippen MR) is 88.3 cm³/mol. The molecule has 0 radical (unpaired) electrons. The number of likely N-dealkylation sites (tertiary alicyclic amines) is 1. The molecule has 1 saturated carbocycles. The first-order valence-electron chi connectivity index (χ1n) is 8.01. The van der Waals surface area contributed by atoms with E-state index < -0.39 is 0 Å². The molecule has 124 valence electrons. The van der Waals surface area contributed by atoms with Crippen LogP contribution in [0.1, 0.15) is 35.9 Å². The average Bonchev–Trinajstić information content (AvgIpc) is 3.23. The monoisotopic (exact) mass is 343 g/mol. The molecule has 0 aromatic carbocycles. The Morgan fingerprint density at radius 3 is 2.96 bits per heavy atom. The van der Waals surface area contributed by atoms with Gasteiger partial charge in [0.1, 0.15) is 5.01 Å². The zero-order valence-corrected chi connectivity index (χ0v) is 13.8. The minimum Gasteiger partial charge on any atom is -0.336 e. The summed E-state index contributed by atoms with van der Waals surface area (Å²) in [5.74, 6) is -0.00772. The van der Waals surface area contributed by atoms with Crippen molar-refractivity contribution in [3.05, 3.63) is 35.1 Å². The van der Waals surface area contributed by atoms with Crippen molar-refractivity contribution in [2.75, 3.05) is 11.9 Å². The first kappa shape index (κ1) is 15.2. The van der Waals surface area contributed by atoms with Crippen molar-refractivity contribution < 1.29 is 9.59 Å². The zero-order chi connectivity index (χ0) is 16.5. The number of amides is 2. The summed E-state index contributed by atoms with van der Waals surface area (Å²) < 4.78 is 0. The lowest BCUT2D eigenvalue weighted by Gasteiger charge is -2.15. The molecule has 1 saturated heterocycles. The van der Waals surface area contributed by atoms with Gasteiger partial charge in [0.25, 0.3) is 0 Å². The van der Waals surface area contributed by atoms with Gasteiger partial charge in [-0.2, -0.15) is 0 Å². The third kappa shape index (κ3) is 3.28. The van der Waals surface area contributed by atoms with Gasteiger partial charge in [-0.25, -0.2) is 0 Å². The molecule has 0 spiro atoms. The number of nitrogens with one attached hydrogen (secondary N) is 1. The summed E-state index contributed by atoms with van der Waals surface area (Å²) in [6.45, 7) is 0.851. The van der Waals surface area contributed by atoms with Crippen molar-refractivity contribution in [1.29, 1.82) is 0 Å². The van der Waals surface area contributed by atoms with E-state index in [1.54, 1.807) is 11.1 Å². The topological polar surface area (TPSA) is 88.1 Å². The molecule has 2 amide bonds. The molecule has 1 N–H and O–H groups in total. The van der Waals surface area contributed by atoms with Crippen LogP contribution in [-0.4, -0.2) is 38.4 Å². The van der Waals surface area contributed by atoms with E-state index in [1.807, 2.05) is 18.2 Å². The van der Waals surface area contributed by atoms with Gasteiger partial charge < -0.3 is 10.2 Å². The maximum Gasteiger partial charge on any atom is 0.231 e. The van der Waals surface area contributed by atoms with E-state index in [1.165, 1.54) is 11.3 Å². The number of hydrogen-bond donors (Lipinski definition) is 1. The number of pyridine rings is 1. The second-order valence-corrected chi connectivity index (χ2v) is 7.21. The van der Waals surface area contributed by atoms with Crippen LogP contribution in [0.5, 0.6) is 0 Å². The Hall–Kier alpha value is -2.35. The maximum absolute atomic E-state index is 12.4. The van der Waals surface area contributed by atoms with Crippen molar-refractivity contribution in [2.24, 2.45) is 5.92 Å². The van der Waals surface area contributed by atoms with E-state index in [-0.39, 0.29) is 24.2 Å². The summed E-state index contributed by atoms with van der Waals surface area (Å²) >= 11 is 1.43. The number of hydrogen-bond acceptors (Lipinski definition) is 6. The lowest BCUT2D eigenvalue weighted by atomic mass is 10.1. The average molecular weight is 343 g/mol. The fourth-order valence-corrected chi connectivity index (χ4v) is 3.69. The molecule has 7 nitrogen and oxygen atoms in total. The Labute approximate surface area is 143 Å². The van der Waals surface area contributed by atoms with Crippen LogP contribution < -0.4 is 5.32 Å². The molecule has 3 heterocycles. The minimum absolute atomic E-state index is 0.0169. The zero-order valence-electron chi connectivity index (χ0n) is 13.0. The highest BCUT2D eigenvalue weighted by atomic mass is 32.1. The van der Waals surface area contributed by atoms with E-state index in [9.17, 15) is 9.59 Å². The van der Waals surface area contributed by atoms with E-state index in [4.69, 9.17) is 0 Å². The highest BCUT2D eigenvalue weighted by Gasteiger charge is 2.35. The molecular weight excluding hydrogens is 326 g/mol. The Kier molecular flexibility index (Phi) is 3.97. The van der Waals surface area contributed by atoms with Gasteiger partial charge in [-0.05, 0) is 25.0 Å². The van der Waals surface area contributed by atoms with Gasteiger partial charge in [0.15, 0.2) is 0 Å². The largest absolute Gasteiger partial charge is 0.336 e. The van der Waals surface area contributed by atoms with Crippen LogP contribution in [0.2, 0.25) is 0 Å². The molecule has 1 atom stereocenters. The van der Waals surface area contributed by atoms with Crippen molar-refractivity contribution in [2.45, 2.75) is 31.7 Å². The summed E-state index contributed by atoms with van der Waals surface area (Å²) in [5, 5.41) is 12.5. The van der Waals surface area contributed by atoms with Gasteiger partial charge in [-0.15, -0.1) is 10.2 Å². The highest BCUT2D eigenvalue weighted by molar-refractivity contribution is 7.15. The van der Waals surface area contributed by atoms with E-state index >= 15 is 0 Å². The molecule has 0 bridgehead atoms. The molecule has 4 rings (SSSR count). The fraction of sp³-hybridized carbons (Fsp3) is 0.438. The standard InChI is InChI=1S/C16H17N5O2S/c22-13-7-11(8-21(13)9-12-3-1-2-6-17-12)14(23)18-16-20-19-15(24-16)10-4-5-10/h1-3,6,10-11H,4-5,7-9H2,(H,18,20,23)/t11-/m1/s1. The highest BCUT2D eigenvalue weighted by Crippen LogP contribution is 2.42. The van der Waals surface area contributed by atoms with Gasteiger partial charge >= 0.3 is 0 Å². The van der Waals surface area contributed by atoms with Crippen LogP contribution in [0.25, 0.3) is 0 Å². The van der Waals surface area contributed by atoms with Crippen LogP contribution >= 0.6 is 11.3 Å². The molecule has 8 heteroatoms. The number of carbonyl (C=O) groups is 2. The first-order valence-corrected chi connectivity index (χ1v) is 8.82. The lowest BCUT2D eigenvalue weighted by Crippen LogP contribution is -2.28. The normalized spacial score (nSPS) is 20.4. The number of anilines is 1. The summed E-state index contributed by atoms with van der Waals surface area (Å²) in [5.41, 5.74) is 0.824. The van der Waals surface area contributed by atoms with Crippen LogP contribution in [-0.2, 0) is 16.1 Å². The fourth-order valence-electron chi connectivity index (χ4n) is 2.78. The van der Waals surface area contributed by atoms with E-state index in [0.717, 1.165) is 23.5 Å². The van der Waals surface area contributed by atoms with Crippen molar-refractivity contribution >= 4 is 28.3 Å². The van der Waals surface area contributed by atoms with Gasteiger partial charge in [-0.1, -0.05) is 17.4 Å². The molecular formula is C16H17N5O2S. The van der Waals surface area contributed by atoms with Gasteiger partial charge in [0.05, 0.1) is 18.2 Å². The van der Waals surface area contributed by atoms with Crippen LogP contribution in [0.4, 0.5) is 5.13 Å². The Morgan fingerprint density at radius 2 is 2.21 bits per heavy atom. The second kappa shape index (κ2) is 6.27. The van der Waals surface area contributed by atoms with Crippen molar-refractivity contribution in [3.8, 4) is 0 Å². The third-order valence-corrected chi connectivity index (χ3v) is 5.26. The third-order valence-electron chi connectivity index (χ3n) is 4.26. The number of carbonyl (C=O) groups excluding carboxylic acids is 2. The molecule has 2 aromatic heterocycles. The first-order chi connectivity index (χ1) is 11.7. The Balaban J connectivity index is 1.35. The van der Waals surface area contributed by atoms with Crippen molar-refractivity contribution in [1.82, 2.24) is 20.1 Å².